The molecule has 0 aliphatic carbocycles. The molecule has 0 saturated heterocycles. The summed E-state index contributed by atoms with van der Waals surface area (Å²) in [5, 5.41) is 0. The summed E-state index contributed by atoms with van der Waals surface area (Å²) in [7, 11) is 2.76. The third-order valence-electron chi connectivity index (χ3n) is 8.64. The van der Waals surface area contributed by atoms with E-state index < -0.39 is 5.97 Å². The van der Waals surface area contributed by atoms with Gasteiger partial charge in [0, 0.05) is 46.5 Å². The lowest BCUT2D eigenvalue weighted by Crippen LogP contribution is -2.01. The molecule has 0 aromatic carbocycles. The summed E-state index contributed by atoms with van der Waals surface area (Å²) in [6.07, 6.45) is 4.46. The van der Waals surface area contributed by atoms with Crippen LogP contribution >= 0.6 is 0 Å². The maximum atomic E-state index is 12.3. The molecule has 5 heterocycles. The summed E-state index contributed by atoms with van der Waals surface area (Å²) in [5.74, 6) is -1.04. The molecule has 0 spiro atoms. The van der Waals surface area contributed by atoms with E-state index >= 15 is 0 Å². The first-order valence-electron chi connectivity index (χ1n) is 15.6. The minimum atomic E-state index is -0.424. The van der Waals surface area contributed by atoms with Gasteiger partial charge in [-0.3, -0.25) is 9.59 Å². The predicted octanol–water partition coefficient (Wildman–Crippen LogP) is 7.28. The van der Waals surface area contributed by atoms with Crippen LogP contribution in [0.2, 0.25) is 0 Å². The van der Waals surface area contributed by atoms with E-state index in [0.717, 1.165) is 66.7 Å². The average molecular weight is 637 g/mol. The molecule has 3 aromatic heterocycles. The van der Waals surface area contributed by atoms with E-state index in [1.165, 1.54) is 20.3 Å². The van der Waals surface area contributed by atoms with Crippen molar-refractivity contribution in [1.29, 1.82) is 0 Å². The van der Waals surface area contributed by atoms with E-state index in [0.29, 0.717) is 29.9 Å². The van der Waals surface area contributed by atoms with Gasteiger partial charge < -0.3 is 24.2 Å². The first kappa shape index (κ1) is 33.1. The molecule has 5 rings (SSSR count). The number of aromatic nitrogens is 4. The van der Waals surface area contributed by atoms with Crippen LogP contribution in [0.5, 0.6) is 0 Å². The first-order chi connectivity index (χ1) is 22.5. The van der Waals surface area contributed by atoms with E-state index in [1.54, 1.807) is 13.0 Å². The predicted molar refractivity (Wildman–Crippen MR) is 184 cm³/mol. The summed E-state index contributed by atoms with van der Waals surface area (Å²) >= 11 is 0. The van der Waals surface area contributed by atoms with Crippen LogP contribution in [-0.2, 0) is 28.6 Å². The number of fused-ring (bicyclic) bond motifs is 8. The Bertz CT molecular complexity index is 2020. The molecule has 244 valence electrons. The van der Waals surface area contributed by atoms with Gasteiger partial charge in [-0.25, -0.2) is 14.8 Å². The molecule has 10 nitrogen and oxygen atoms in total. The second-order valence-electron chi connectivity index (χ2n) is 11.6. The molecule has 0 amide bonds. The van der Waals surface area contributed by atoms with Crippen LogP contribution in [0.1, 0.15) is 85.9 Å². The highest BCUT2D eigenvalue weighted by molar-refractivity contribution is 5.97. The van der Waals surface area contributed by atoms with Gasteiger partial charge in [0.25, 0.3) is 0 Å². The quantitative estimate of drug-likeness (QED) is 0.142. The van der Waals surface area contributed by atoms with Crippen LogP contribution in [0.3, 0.4) is 0 Å². The number of rotatable bonds is 9. The minimum absolute atomic E-state index is 0.188. The number of nitrogens with zero attached hydrogens (tertiary/aromatic N) is 2. The lowest BCUT2D eigenvalue weighted by atomic mass is 9.98. The van der Waals surface area contributed by atoms with E-state index in [4.69, 9.17) is 24.2 Å². The number of esters is 3. The zero-order valence-electron chi connectivity index (χ0n) is 27.9. The van der Waals surface area contributed by atoms with Crippen LogP contribution in [-0.4, -0.2) is 58.7 Å². The van der Waals surface area contributed by atoms with Crippen molar-refractivity contribution in [2.24, 2.45) is 0 Å². The molecule has 2 aliphatic rings. The zero-order chi connectivity index (χ0) is 33.8. The van der Waals surface area contributed by atoms with E-state index in [-0.39, 0.29) is 31.4 Å². The maximum absolute atomic E-state index is 12.3. The first-order valence-corrected chi connectivity index (χ1v) is 15.6. The van der Waals surface area contributed by atoms with E-state index in [2.05, 4.69) is 16.0 Å². The number of aromatic amines is 2. The molecule has 8 bridgehead atoms. The summed E-state index contributed by atoms with van der Waals surface area (Å²) in [4.78, 5) is 53.8. The third-order valence-corrected chi connectivity index (χ3v) is 8.64. The normalized spacial score (nSPS) is 13.0. The van der Waals surface area contributed by atoms with E-state index in [9.17, 15) is 14.4 Å². The lowest BCUT2D eigenvalue weighted by Gasteiger charge is -2.06. The number of ether oxygens (including phenoxy) is 3. The van der Waals surface area contributed by atoms with Crippen molar-refractivity contribution in [3.05, 3.63) is 75.9 Å². The highest BCUT2D eigenvalue weighted by atomic mass is 16.5. The highest BCUT2D eigenvalue weighted by Gasteiger charge is 2.23. The molecule has 0 saturated carbocycles. The van der Waals surface area contributed by atoms with Crippen molar-refractivity contribution >= 4 is 68.3 Å². The summed E-state index contributed by atoms with van der Waals surface area (Å²) < 4.78 is 15.0. The summed E-state index contributed by atoms with van der Waals surface area (Å²) in [6.45, 7) is 10.1. The fourth-order valence-corrected chi connectivity index (χ4v) is 5.92. The molecule has 10 heteroatoms. The number of nitrogens with one attached hydrogen (secondary N) is 2. The van der Waals surface area contributed by atoms with Crippen LogP contribution in [0.15, 0.2) is 36.4 Å². The topological polar surface area (TPSA) is 136 Å². The Morgan fingerprint density at radius 1 is 0.723 bits per heavy atom. The number of hydrogen-bond donors (Lipinski definition) is 2. The van der Waals surface area contributed by atoms with Gasteiger partial charge in [-0.05, 0) is 117 Å². The number of methoxy groups -OCH3 is 2. The SMILES string of the molecule is CCOC(=O)/C=C/c1c(C)c2cc3cc(C)c(cc4nc(cc5nc(cc1[nH]2)C(C)=C5CCC(=O)OC)C(CCC(=O)OC)=C4C)[nH]3. The van der Waals surface area contributed by atoms with Gasteiger partial charge in [-0.2, -0.15) is 0 Å². The molecule has 2 N–H and O–H groups in total. The van der Waals surface area contributed by atoms with Crippen molar-refractivity contribution in [3.8, 4) is 0 Å². The van der Waals surface area contributed by atoms with Crippen LogP contribution < -0.4 is 0 Å². The van der Waals surface area contributed by atoms with Gasteiger partial charge in [0.15, 0.2) is 0 Å². The van der Waals surface area contributed by atoms with Crippen LogP contribution in [0, 0.1) is 13.8 Å². The van der Waals surface area contributed by atoms with Crippen molar-refractivity contribution in [2.75, 3.05) is 20.8 Å². The number of hydrogen-bond acceptors (Lipinski definition) is 8. The standard InChI is InChI=1S/C37H40N4O6/c1-8-47-37(44)14-11-27-21(3)29-16-24-15-20(2)28(38-24)17-30-22(4)25(9-12-35(42)45-6)33(40-30)19-34-26(10-13-36(43)46-7)23(5)31(41-34)18-32(27)39-29/h11,14-19,38-39H,8-10,12-13H2,1-7H3/b14-11+,24-16?,28-17?,29-16?,30-17?,31-18?,32-18?,33-19?,34-19?. The van der Waals surface area contributed by atoms with Crippen molar-refractivity contribution < 1.29 is 28.6 Å². The Balaban J connectivity index is 1.84. The maximum Gasteiger partial charge on any atom is 0.330 e. The molecule has 0 unspecified atom stereocenters. The Kier molecular flexibility index (Phi) is 9.89. The Hall–Kier alpha value is -5.25. The molecule has 2 aliphatic heterocycles. The fraction of sp³-hybridized carbons (Fsp3) is 0.324. The Labute approximate surface area is 273 Å². The summed E-state index contributed by atoms with van der Waals surface area (Å²) in [5.41, 5.74) is 12.9. The number of aryl methyl sites for hydroxylation is 2. The van der Waals surface area contributed by atoms with E-state index in [1.807, 2.05) is 52.0 Å². The molecule has 47 heavy (non-hydrogen) atoms. The third kappa shape index (κ3) is 7.11. The number of carbonyl (C=O) groups excluding carboxylic acids is 3. The molecule has 3 aromatic rings. The van der Waals surface area contributed by atoms with Crippen LogP contribution in [0.25, 0.3) is 50.4 Å². The number of carbonyl (C=O) groups is 3. The van der Waals surface area contributed by atoms with Gasteiger partial charge in [0.05, 0.1) is 43.6 Å². The lowest BCUT2D eigenvalue weighted by molar-refractivity contribution is -0.141. The Morgan fingerprint density at radius 2 is 1.30 bits per heavy atom. The van der Waals surface area contributed by atoms with Gasteiger partial charge in [0.1, 0.15) is 0 Å². The zero-order valence-corrected chi connectivity index (χ0v) is 27.9. The average Bonchev–Trinajstić information content (AvgIpc) is 3.72. The van der Waals surface area contributed by atoms with Crippen molar-refractivity contribution in [3.63, 3.8) is 0 Å². The van der Waals surface area contributed by atoms with Crippen LogP contribution in [0.4, 0.5) is 0 Å². The second-order valence-corrected chi connectivity index (χ2v) is 11.6. The van der Waals surface area contributed by atoms with Crippen molar-refractivity contribution in [2.45, 2.75) is 60.3 Å². The van der Waals surface area contributed by atoms with Crippen molar-refractivity contribution in [1.82, 2.24) is 19.9 Å². The number of allylic oxidation sites excluding steroid dienone is 4. The molecule has 0 fully saturated rings. The number of H-pyrrole nitrogens is 2. The Morgan fingerprint density at radius 3 is 1.85 bits per heavy atom. The molecular weight excluding hydrogens is 596 g/mol. The molecule has 0 radical (unpaired) electrons. The smallest absolute Gasteiger partial charge is 0.330 e. The fourth-order valence-electron chi connectivity index (χ4n) is 5.92. The van der Waals surface area contributed by atoms with Gasteiger partial charge in [0.2, 0.25) is 0 Å². The highest BCUT2D eigenvalue weighted by Crippen LogP contribution is 2.38. The molecular formula is C37H40N4O6. The minimum Gasteiger partial charge on any atom is -0.469 e. The largest absolute Gasteiger partial charge is 0.469 e. The van der Waals surface area contributed by atoms with Gasteiger partial charge >= 0.3 is 17.9 Å². The van der Waals surface area contributed by atoms with Gasteiger partial charge in [-0.1, -0.05) is 0 Å². The van der Waals surface area contributed by atoms with Gasteiger partial charge in [-0.15, -0.1) is 0 Å². The second kappa shape index (κ2) is 14.0. The summed E-state index contributed by atoms with van der Waals surface area (Å²) in [6, 6.07) is 10.0. The molecule has 0 atom stereocenters. The monoisotopic (exact) mass is 636 g/mol.